The second-order valence-electron chi connectivity index (χ2n) is 3.96. The molecule has 0 amide bonds. The third kappa shape index (κ3) is 5.23. The Hall–Kier alpha value is -0.200. The van der Waals surface area contributed by atoms with Crippen LogP contribution in [0, 0.1) is 0 Å². The van der Waals surface area contributed by atoms with Crippen molar-refractivity contribution < 1.29 is 14.2 Å². The van der Waals surface area contributed by atoms with Gasteiger partial charge in [-0.25, -0.2) is 0 Å². The van der Waals surface area contributed by atoms with Gasteiger partial charge in [0.05, 0.1) is 26.4 Å². The molecule has 0 saturated carbocycles. The van der Waals surface area contributed by atoms with Crippen LogP contribution in [0.25, 0.3) is 0 Å². The quantitative estimate of drug-likeness (QED) is 0.582. The number of methoxy groups -OCH3 is 1. The second-order valence-corrected chi connectivity index (χ2v) is 3.96. The van der Waals surface area contributed by atoms with Crippen molar-refractivity contribution in [2.75, 3.05) is 59.8 Å². The van der Waals surface area contributed by atoms with Crippen LogP contribution in [-0.4, -0.2) is 70.7 Å². The van der Waals surface area contributed by atoms with E-state index in [2.05, 4.69) is 4.90 Å². The standard InChI is InChI=1S/C11H24N2O3/c1-14-7-8-15-5-2-3-13-4-6-16-10-11(13)9-12/h11H,2-10,12H2,1H3. The average Bonchev–Trinajstić information content (AvgIpc) is 2.34. The molecule has 2 N–H and O–H groups in total. The van der Waals surface area contributed by atoms with Gasteiger partial charge in [-0.15, -0.1) is 0 Å². The van der Waals surface area contributed by atoms with Gasteiger partial charge in [0.2, 0.25) is 0 Å². The van der Waals surface area contributed by atoms with Crippen molar-refractivity contribution in [1.29, 1.82) is 0 Å². The third-order valence-electron chi connectivity index (χ3n) is 2.79. The lowest BCUT2D eigenvalue weighted by molar-refractivity contribution is -0.00918. The number of hydrogen-bond acceptors (Lipinski definition) is 5. The molecule has 1 atom stereocenters. The van der Waals surface area contributed by atoms with Crippen molar-refractivity contribution >= 4 is 0 Å². The summed E-state index contributed by atoms with van der Waals surface area (Å²) in [6.45, 7) is 6.42. The number of morpholine rings is 1. The van der Waals surface area contributed by atoms with Crippen LogP contribution in [-0.2, 0) is 14.2 Å². The highest BCUT2D eigenvalue weighted by molar-refractivity contribution is 4.75. The van der Waals surface area contributed by atoms with E-state index < -0.39 is 0 Å². The molecule has 0 aliphatic carbocycles. The SMILES string of the molecule is COCCOCCCN1CCOCC1CN. The van der Waals surface area contributed by atoms with Crippen molar-refractivity contribution in [3.63, 3.8) is 0 Å². The number of rotatable bonds is 8. The summed E-state index contributed by atoms with van der Waals surface area (Å²) in [7, 11) is 1.68. The van der Waals surface area contributed by atoms with Gasteiger partial charge in [-0.05, 0) is 6.42 Å². The summed E-state index contributed by atoms with van der Waals surface area (Å²) in [4.78, 5) is 2.39. The van der Waals surface area contributed by atoms with E-state index >= 15 is 0 Å². The predicted octanol–water partition coefficient (Wildman–Crippen LogP) is -0.301. The lowest BCUT2D eigenvalue weighted by atomic mass is 10.2. The van der Waals surface area contributed by atoms with Gasteiger partial charge in [0.1, 0.15) is 0 Å². The summed E-state index contributed by atoms with van der Waals surface area (Å²) in [5.74, 6) is 0. The van der Waals surface area contributed by atoms with Gasteiger partial charge in [0.15, 0.2) is 0 Å². The molecule has 1 aliphatic rings. The van der Waals surface area contributed by atoms with Crippen molar-refractivity contribution in [3.05, 3.63) is 0 Å². The zero-order chi connectivity index (χ0) is 11.6. The lowest BCUT2D eigenvalue weighted by Crippen LogP contribution is -2.49. The first-order valence-corrected chi connectivity index (χ1v) is 5.97. The van der Waals surface area contributed by atoms with Gasteiger partial charge in [-0.2, -0.15) is 0 Å². The minimum absolute atomic E-state index is 0.382. The van der Waals surface area contributed by atoms with E-state index in [4.69, 9.17) is 19.9 Å². The van der Waals surface area contributed by atoms with Crippen LogP contribution >= 0.6 is 0 Å². The first-order chi connectivity index (χ1) is 7.88. The lowest BCUT2D eigenvalue weighted by Gasteiger charge is -2.34. The first-order valence-electron chi connectivity index (χ1n) is 5.97. The van der Waals surface area contributed by atoms with Gasteiger partial charge in [0.25, 0.3) is 0 Å². The largest absolute Gasteiger partial charge is 0.382 e. The predicted molar refractivity (Wildman–Crippen MR) is 62.5 cm³/mol. The molecule has 5 nitrogen and oxygen atoms in total. The molecule has 0 radical (unpaired) electrons. The molecule has 1 fully saturated rings. The van der Waals surface area contributed by atoms with E-state index in [1.54, 1.807) is 7.11 Å². The molecule has 0 bridgehead atoms. The molecule has 1 unspecified atom stereocenters. The summed E-state index contributed by atoms with van der Waals surface area (Å²) in [5, 5.41) is 0. The van der Waals surface area contributed by atoms with Crippen molar-refractivity contribution in [1.82, 2.24) is 4.90 Å². The van der Waals surface area contributed by atoms with E-state index in [9.17, 15) is 0 Å². The van der Waals surface area contributed by atoms with Gasteiger partial charge < -0.3 is 19.9 Å². The second kappa shape index (κ2) is 8.90. The normalized spacial score (nSPS) is 22.5. The van der Waals surface area contributed by atoms with E-state index in [0.717, 1.165) is 39.3 Å². The molecule has 0 aromatic carbocycles. The maximum atomic E-state index is 5.69. The summed E-state index contributed by atoms with van der Waals surface area (Å²) >= 11 is 0. The van der Waals surface area contributed by atoms with Crippen LogP contribution in [0.3, 0.4) is 0 Å². The Labute approximate surface area is 97.8 Å². The molecule has 5 heteroatoms. The third-order valence-corrected chi connectivity index (χ3v) is 2.79. The van der Waals surface area contributed by atoms with Crippen molar-refractivity contribution in [3.8, 4) is 0 Å². The Bertz CT molecular complexity index is 169. The molecule has 1 aliphatic heterocycles. The fourth-order valence-corrected chi connectivity index (χ4v) is 1.81. The van der Waals surface area contributed by atoms with Gasteiger partial charge >= 0.3 is 0 Å². The molecule has 1 heterocycles. The Balaban J connectivity index is 2.02. The Morgan fingerprint density at radius 2 is 2.25 bits per heavy atom. The van der Waals surface area contributed by atoms with E-state index in [1.807, 2.05) is 0 Å². The van der Waals surface area contributed by atoms with Gasteiger partial charge in [0, 0.05) is 39.4 Å². The molecule has 16 heavy (non-hydrogen) atoms. The minimum atomic E-state index is 0.382. The number of nitrogens with two attached hydrogens (primary N) is 1. The van der Waals surface area contributed by atoms with Gasteiger partial charge in [-0.1, -0.05) is 0 Å². The van der Waals surface area contributed by atoms with E-state index in [0.29, 0.717) is 25.8 Å². The van der Waals surface area contributed by atoms with Gasteiger partial charge in [-0.3, -0.25) is 4.90 Å². The molecular weight excluding hydrogens is 208 g/mol. The summed E-state index contributed by atoms with van der Waals surface area (Å²) < 4.78 is 15.7. The molecular formula is C11H24N2O3. The summed E-state index contributed by atoms with van der Waals surface area (Å²) in [5.41, 5.74) is 5.69. The number of nitrogens with zero attached hydrogens (tertiary/aromatic N) is 1. The molecule has 0 aromatic rings. The molecule has 1 saturated heterocycles. The first kappa shape index (κ1) is 13.9. The fourth-order valence-electron chi connectivity index (χ4n) is 1.81. The summed E-state index contributed by atoms with van der Waals surface area (Å²) in [6, 6.07) is 0.382. The summed E-state index contributed by atoms with van der Waals surface area (Å²) in [6.07, 6.45) is 1.04. The van der Waals surface area contributed by atoms with Crippen LogP contribution in [0.4, 0.5) is 0 Å². The van der Waals surface area contributed by atoms with E-state index in [-0.39, 0.29) is 0 Å². The average molecular weight is 232 g/mol. The fraction of sp³-hybridized carbons (Fsp3) is 1.00. The Morgan fingerprint density at radius 1 is 1.38 bits per heavy atom. The smallest absolute Gasteiger partial charge is 0.0700 e. The van der Waals surface area contributed by atoms with Crippen LogP contribution < -0.4 is 5.73 Å². The van der Waals surface area contributed by atoms with Crippen LogP contribution in [0.5, 0.6) is 0 Å². The van der Waals surface area contributed by atoms with Crippen LogP contribution in [0.2, 0.25) is 0 Å². The Morgan fingerprint density at radius 3 is 3.00 bits per heavy atom. The van der Waals surface area contributed by atoms with Crippen LogP contribution in [0.15, 0.2) is 0 Å². The van der Waals surface area contributed by atoms with Crippen molar-refractivity contribution in [2.45, 2.75) is 12.5 Å². The highest BCUT2D eigenvalue weighted by atomic mass is 16.5. The molecule has 1 rings (SSSR count). The zero-order valence-corrected chi connectivity index (χ0v) is 10.2. The minimum Gasteiger partial charge on any atom is -0.382 e. The molecule has 0 spiro atoms. The van der Waals surface area contributed by atoms with E-state index in [1.165, 1.54) is 0 Å². The molecule has 0 aromatic heterocycles. The number of ether oxygens (including phenoxy) is 3. The highest BCUT2D eigenvalue weighted by Gasteiger charge is 2.20. The molecule has 96 valence electrons. The van der Waals surface area contributed by atoms with Crippen LogP contribution in [0.1, 0.15) is 6.42 Å². The Kier molecular flexibility index (Phi) is 7.71. The topological polar surface area (TPSA) is 57.0 Å². The zero-order valence-electron chi connectivity index (χ0n) is 10.2. The maximum Gasteiger partial charge on any atom is 0.0700 e. The van der Waals surface area contributed by atoms with Crippen molar-refractivity contribution in [2.24, 2.45) is 5.73 Å². The highest BCUT2D eigenvalue weighted by Crippen LogP contribution is 2.06. The number of hydrogen-bond donors (Lipinski definition) is 1. The maximum absolute atomic E-state index is 5.69. The monoisotopic (exact) mass is 232 g/mol.